The first-order valence-electron chi connectivity index (χ1n) is 6.91. The number of rotatable bonds is 6. The van der Waals surface area contributed by atoms with Crippen molar-refractivity contribution >= 4 is 11.6 Å². The largest absolute Gasteiger partial charge is 0.325 e. The van der Waals surface area contributed by atoms with Crippen LogP contribution in [0.1, 0.15) is 17.9 Å². The van der Waals surface area contributed by atoms with Gasteiger partial charge in [0.25, 0.3) is 0 Å². The minimum absolute atomic E-state index is 0.0361. The van der Waals surface area contributed by atoms with Crippen molar-refractivity contribution < 1.29 is 18.0 Å². The summed E-state index contributed by atoms with van der Waals surface area (Å²) in [5.41, 5.74) is 0.833. The number of hydrogen-bond acceptors (Lipinski definition) is 3. The Bertz CT molecular complexity index is 687. The van der Waals surface area contributed by atoms with Crippen LogP contribution in [-0.2, 0) is 11.3 Å². The summed E-state index contributed by atoms with van der Waals surface area (Å²) in [7, 11) is 1.61. The molecule has 23 heavy (non-hydrogen) atoms. The number of nitrogens with one attached hydrogen (secondary N) is 1. The van der Waals surface area contributed by atoms with E-state index in [1.807, 2.05) is 0 Å². The molecule has 0 atom stereocenters. The summed E-state index contributed by atoms with van der Waals surface area (Å²) < 4.78 is 39.6. The SMILES string of the molecule is Cc1ccc(NC(=O)CN(C)Cc2nccn2C(F)F)cc1F. The lowest BCUT2D eigenvalue weighted by Crippen LogP contribution is -2.30. The smallest absolute Gasteiger partial charge is 0.319 e. The normalized spacial score (nSPS) is 11.3. The van der Waals surface area contributed by atoms with Crippen molar-refractivity contribution in [3.8, 4) is 0 Å². The number of hydrogen-bond donors (Lipinski definition) is 1. The number of alkyl halides is 2. The minimum atomic E-state index is -2.68. The number of benzene rings is 1. The van der Waals surface area contributed by atoms with Crippen LogP contribution in [0.4, 0.5) is 18.9 Å². The van der Waals surface area contributed by atoms with Crippen LogP contribution in [0.2, 0.25) is 0 Å². The van der Waals surface area contributed by atoms with Gasteiger partial charge < -0.3 is 5.32 Å². The molecular formula is C15H17F3N4O. The molecule has 1 aromatic carbocycles. The molecule has 0 aliphatic heterocycles. The second-order valence-corrected chi connectivity index (χ2v) is 5.21. The molecule has 8 heteroatoms. The van der Waals surface area contributed by atoms with E-state index in [0.29, 0.717) is 11.3 Å². The first kappa shape index (κ1) is 17.0. The zero-order chi connectivity index (χ0) is 17.0. The summed E-state index contributed by atoms with van der Waals surface area (Å²) in [5.74, 6) is -0.613. The topological polar surface area (TPSA) is 50.2 Å². The number of carbonyl (C=O) groups is 1. The highest BCUT2D eigenvalue weighted by Gasteiger charge is 2.15. The van der Waals surface area contributed by atoms with Crippen LogP contribution >= 0.6 is 0 Å². The molecule has 1 aromatic heterocycles. The molecule has 5 nitrogen and oxygen atoms in total. The molecule has 2 aromatic rings. The maximum absolute atomic E-state index is 13.4. The second kappa shape index (κ2) is 7.28. The van der Waals surface area contributed by atoms with Gasteiger partial charge in [-0.3, -0.25) is 14.3 Å². The van der Waals surface area contributed by atoms with E-state index in [4.69, 9.17) is 0 Å². The molecule has 1 heterocycles. The van der Waals surface area contributed by atoms with E-state index >= 15 is 0 Å². The van der Waals surface area contributed by atoms with Crippen molar-refractivity contribution in [1.82, 2.24) is 14.5 Å². The van der Waals surface area contributed by atoms with Gasteiger partial charge in [0, 0.05) is 18.1 Å². The maximum atomic E-state index is 13.4. The maximum Gasteiger partial charge on any atom is 0.319 e. The highest BCUT2D eigenvalue weighted by Crippen LogP contribution is 2.15. The minimum Gasteiger partial charge on any atom is -0.325 e. The Kier molecular flexibility index (Phi) is 5.38. The number of anilines is 1. The Morgan fingerprint density at radius 2 is 2.17 bits per heavy atom. The number of amides is 1. The predicted octanol–water partition coefficient (Wildman–Crippen LogP) is 2.80. The molecule has 1 amide bonds. The van der Waals surface area contributed by atoms with Crippen molar-refractivity contribution in [2.75, 3.05) is 18.9 Å². The summed E-state index contributed by atoms with van der Waals surface area (Å²) >= 11 is 0. The number of likely N-dealkylation sites (N-methyl/N-ethyl adjacent to an activating group) is 1. The van der Waals surface area contributed by atoms with Crippen LogP contribution in [0.5, 0.6) is 0 Å². The Labute approximate surface area is 131 Å². The predicted molar refractivity (Wildman–Crippen MR) is 79.6 cm³/mol. The third-order valence-electron chi connectivity index (χ3n) is 3.24. The summed E-state index contributed by atoms with van der Waals surface area (Å²) in [5, 5.41) is 2.56. The van der Waals surface area contributed by atoms with Crippen LogP contribution in [0, 0.1) is 12.7 Å². The zero-order valence-electron chi connectivity index (χ0n) is 12.8. The van der Waals surface area contributed by atoms with Crippen molar-refractivity contribution in [2.24, 2.45) is 0 Å². The van der Waals surface area contributed by atoms with E-state index < -0.39 is 12.4 Å². The summed E-state index contributed by atoms with van der Waals surface area (Å²) in [6, 6.07) is 4.39. The Balaban J connectivity index is 1.91. The first-order valence-corrected chi connectivity index (χ1v) is 6.91. The number of imidazole rings is 1. The van der Waals surface area contributed by atoms with Gasteiger partial charge in [-0.1, -0.05) is 6.07 Å². The molecule has 1 N–H and O–H groups in total. The van der Waals surface area contributed by atoms with E-state index in [1.54, 1.807) is 31.0 Å². The third kappa shape index (κ3) is 4.56. The van der Waals surface area contributed by atoms with Crippen LogP contribution in [0.25, 0.3) is 0 Å². The van der Waals surface area contributed by atoms with Gasteiger partial charge in [0.05, 0.1) is 13.1 Å². The number of carbonyl (C=O) groups excluding carboxylic acids is 1. The second-order valence-electron chi connectivity index (χ2n) is 5.21. The van der Waals surface area contributed by atoms with E-state index in [1.165, 1.54) is 18.5 Å². The molecule has 0 aliphatic rings. The fraction of sp³-hybridized carbons (Fsp3) is 0.333. The molecule has 124 valence electrons. The standard InChI is InChI=1S/C15H17F3N4O/c1-10-3-4-11(7-12(10)16)20-14(23)9-21(2)8-13-19-5-6-22(13)15(17)18/h3-7,15H,8-9H2,1-2H3,(H,20,23). The van der Waals surface area contributed by atoms with Gasteiger partial charge in [0.2, 0.25) is 5.91 Å². The van der Waals surface area contributed by atoms with Gasteiger partial charge in [-0.05, 0) is 31.7 Å². The van der Waals surface area contributed by atoms with Crippen LogP contribution in [-0.4, -0.2) is 34.0 Å². The fourth-order valence-electron chi connectivity index (χ4n) is 2.06. The van der Waals surface area contributed by atoms with Crippen LogP contribution < -0.4 is 5.32 Å². The van der Waals surface area contributed by atoms with Crippen LogP contribution in [0.3, 0.4) is 0 Å². The average Bonchev–Trinajstić information content (AvgIpc) is 2.90. The Morgan fingerprint density at radius 3 is 2.83 bits per heavy atom. The number of halogens is 3. The highest BCUT2D eigenvalue weighted by molar-refractivity contribution is 5.92. The van der Waals surface area contributed by atoms with Gasteiger partial charge in [-0.15, -0.1) is 0 Å². The monoisotopic (exact) mass is 326 g/mol. The van der Waals surface area contributed by atoms with Crippen molar-refractivity contribution in [1.29, 1.82) is 0 Å². The molecule has 0 aliphatic carbocycles. The van der Waals surface area contributed by atoms with Gasteiger partial charge in [-0.2, -0.15) is 8.78 Å². The molecule has 0 bridgehead atoms. The molecule has 0 radical (unpaired) electrons. The highest BCUT2D eigenvalue weighted by atomic mass is 19.3. The zero-order valence-corrected chi connectivity index (χ0v) is 12.8. The quantitative estimate of drug-likeness (QED) is 0.888. The fourth-order valence-corrected chi connectivity index (χ4v) is 2.06. The molecule has 0 unspecified atom stereocenters. The molecule has 0 fully saturated rings. The molecule has 2 rings (SSSR count). The first-order chi connectivity index (χ1) is 10.9. The number of nitrogens with zero attached hydrogens (tertiary/aromatic N) is 3. The summed E-state index contributed by atoms with van der Waals surface area (Å²) in [4.78, 5) is 17.3. The lowest BCUT2D eigenvalue weighted by Gasteiger charge is -2.17. The summed E-state index contributed by atoms with van der Waals surface area (Å²) in [6.07, 6.45) is 2.47. The molecule has 0 saturated carbocycles. The van der Waals surface area contributed by atoms with Crippen LogP contribution in [0.15, 0.2) is 30.6 Å². The van der Waals surface area contributed by atoms with Gasteiger partial charge in [-0.25, -0.2) is 9.37 Å². The third-order valence-corrected chi connectivity index (χ3v) is 3.24. The molecule has 0 saturated heterocycles. The number of aromatic nitrogens is 2. The van der Waals surface area contributed by atoms with Gasteiger partial charge in [0.1, 0.15) is 11.6 Å². The van der Waals surface area contributed by atoms with E-state index in [0.717, 1.165) is 4.57 Å². The van der Waals surface area contributed by atoms with E-state index in [-0.39, 0.29) is 24.8 Å². The van der Waals surface area contributed by atoms with Gasteiger partial charge in [0.15, 0.2) is 0 Å². The number of aryl methyl sites for hydroxylation is 1. The van der Waals surface area contributed by atoms with E-state index in [2.05, 4.69) is 10.3 Å². The summed E-state index contributed by atoms with van der Waals surface area (Å²) in [6.45, 7) is -0.997. The van der Waals surface area contributed by atoms with Gasteiger partial charge >= 0.3 is 6.55 Å². The Hall–Kier alpha value is -2.35. The van der Waals surface area contributed by atoms with Crippen molar-refractivity contribution in [3.63, 3.8) is 0 Å². The van der Waals surface area contributed by atoms with E-state index in [9.17, 15) is 18.0 Å². The lowest BCUT2D eigenvalue weighted by atomic mass is 10.2. The van der Waals surface area contributed by atoms with Crippen molar-refractivity contribution in [3.05, 3.63) is 47.8 Å². The molecular weight excluding hydrogens is 309 g/mol. The molecule has 0 spiro atoms. The van der Waals surface area contributed by atoms with Crippen molar-refractivity contribution in [2.45, 2.75) is 20.0 Å². The average molecular weight is 326 g/mol. The Morgan fingerprint density at radius 1 is 1.43 bits per heavy atom. The lowest BCUT2D eigenvalue weighted by molar-refractivity contribution is -0.117.